The number of rotatable bonds is 12. The number of benzene rings is 2. The van der Waals surface area contributed by atoms with Crippen molar-refractivity contribution in [2.45, 2.75) is 54.4 Å². The van der Waals surface area contributed by atoms with E-state index in [1.54, 1.807) is 0 Å². The summed E-state index contributed by atoms with van der Waals surface area (Å²) in [5.41, 5.74) is 0.859. The number of carbonyl (C=O) groups is 2. The van der Waals surface area contributed by atoms with E-state index in [1.807, 2.05) is 0 Å². The number of nitrogens with zero attached hydrogens (tertiary/aromatic N) is 1. The Balaban J connectivity index is 2.63. The van der Waals surface area contributed by atoms with Crippen LogP contribution in [0.25, 0.3) is 0 Å². The first-order valence-electron chi connectivity index (χ1n) is 12.2. The SMILES string of the molecule is CC(=O)[C@@H](N)CCCCNC(=O)CN=S(=O)(c1cc(B(O)O)cc(C(F)(F)F)c1)c1cc(B(O)O)cc(C(F)(F)F)c1. The summed E-state index contributed by atoms with van der Waals surface area (Å²) in [6.45, 7) is 0.315. The molecule has 1 amide bonds. The number of Topliss-reactive ketones (excluding diaryl/α,β-unsaturated/α-hetero) is 1. The normalized spacial score (nSPS) is 13.0. The molecule has 230 valence electrons. The topological polar surface area (TPSA) is 183 Å². The third kappa shape index (κ3) is 9.53. The van der Waals surface area contributed by atoms with E-state index >= 15 is 0 Å². The molecule has 42 heavy (non-hydrogen) atoms. The summed E-state index contributed by atoms with van der Waals surface area (Å²) in [6.07, 6.45) is -9.17. The molecule has 0 aliphatic carbocycles. The van der Waals surface area contributed by atoms with Crippen LogP contribution in [0.2, 0.25) is 0 Å². The van der Waals surface area contributed by atoms with Crippen LogP contribution >= 0.6 is 0 Å². The Kier molecular flexibility index (Phi) is 11.8. The summed E-state index contributed by atoms with van der Waals surface area (Å²) in [5.74, 6) is -1.15. The average molecular weight is 625 g/mol. The number of carbonyl (C=O) groups excluding carboxylic acids is 2. The Morgan fingerprint density at radius 1 is 0.881 bits per heavy atom. The van der Waals surface area contributed by atoms with E-state index < -0.39 is 86.7 Å². The summed E-state index contributed by atoms with van der Waals surface area (Å²) in [6, 6.07) is 1.69. The lowest BCUT2D eigenvalue weighted by Crippen LogP contribution is -2.33. The van der Waals surface area contributed by atoms with Crippen LogP contribution in [0.4, 0.5) is 26.3 Å². The quantitative estimate of drug-likeness (QED) is 0.110. The fourth-order valence-electron chi connectivity index (χ4n) is 3.60. The number of ketones is 1. The van der Waals surface area contributed by atoms with Crippen LogP contribution in [-0.2, 0) is 31.7 Å². The summed E-state index contributed by atoms with van der Waals surface area (Å²) in [7, 11) is -9.65. The van der Waals surface area contributed by atoms with Gasteiger partial charge in [0.2, 0.25) is 5.91 Å². The number of nitrogens with two attached hydrogens (primary N) is 1. The van der Waals surface area contributed by atoms with Crippen LogP contribution in [0, 0.1) is 0 Å². The Hall–Kier alpha value is -2.96. The molecule has 2 aromatic carbocycles. The maximum absolute atomic E-state index is 14.3. The minimum Gasteiger partial charge on any atom is -0.423 e. The summed E-state index contributed by atoms with van der Waals surface area (Å²) in [4.78, 5) is 21.8. The maximum atomic E-state index is 14.3. The van der Waals surface area contributed by atoms with E-state index in [0.717, 1.165) is 0 Å². The van der Waals surface area contributed by atoms with Crippen molar-refractivity contribution in [2.75, 3.05) is 13.1 Å². The van der Waals surface area contributed by atoms with Gasteiger partial charge >= 0.3 is 26.6 Å². The first-order valence-corrected chi connectivity index (χ1v) is 13.7. The maximum Gasteiger partial charge on any atom is 0.488 e. The van der Waals surface area contributed by atoms with Gasteiger partial charge in [-0.1, -0.05) is 12.1 Å². The van der Waals surface area contributed by atoms with Gasteiger partial charge in [-0.3, -0.25) is 9.59 Å². The fourth-order valence-corrected chi connectivity index (χ4v) is 5.63. The molecule has 10 nitrogen and oxygen atoms in total. The Morgan fingerprint density at radius 3 is 1.71 bits per heavy atom. The predicted octanol–water partition coefficient (Wildman–Crippen LogP) is 0.173. The Labute approximate surface area is 237 Å². The van der Waals surface area contributed by atoms with Gasteiger partial charge in [-0.25, -0.2) is 8.57 Å². The van der Waals surface area contributed by atoms with Gasteiger partial charge in [0.15, 0.2) is 0 Å². The van der Waals surface area contributed by atoms with Crippen molar-refractivity contribution >= 4 is 46.6 Å². The highest BCUT2D eigenvalue weighted by Crippen LogP contribution is 2.35. The second-order valence-electron chi connectivity index (χ2n) is 9.20. The number of nitrogens with one attached hydrogen (secondary N) is 1. The number of hydrogen-bond donors (Lipinski definition) is 6. The largest absolute Gasteiger partial charge is 0.488 e. The summed E-state index contributed by atoms with van der Waals surface area (Å²) in [5, 5.41) is 40.5. The monoisotopic (exact) mass is 625 g/mol. The molecule has 0 saturated carbocycles. The number of halogens is 6. The van der Waals surface area contributed by atoms with E-state index in [1.165, 1.54) is 6.92 Å². The third-order valence-electron chi connectivity index (χ3n) is 5.92. The summed E-state index contributed by atoms with van der Waals surface area (Å²) < 4.78 is 99.6. The van der Waals surface area contributed by atoms with Crippen LogP contribution < -0.4 is 22.0 Å². The van der Waals surface area contributed by atoms with Crippen molar-refractivity contribution in [3.8, 4) is 0 Å². The van der Waals surface area contributed by atoms with Crippen LogP contribution in [0.5, 0.6) is 0 Å². The molecule has 19 heteroatoms. The van der Waals surface area contributed by atoms with Crippen molar-refractivity contribution in [3.63, 3.8) is 0 Å². The van der Waals surface area contributed by atoms with Crippen LogP contribution in [0.3, 0.4) is 0 Å². The Morgan fingerprint density at radius 2 is 1.33 bits per heavy atom. The molecule has 2 rings (SSSR count). The van der Waals surface area contributed by atoms with E-state index in [2.05, 4.69) is 9.68 Å². The first kappa shape index (κ1) is 35.2. The molecule has 0 heterocycles. The van der Waals surface area contributed by atoms with Gasteiger partial charge in [0, 0.05) is 6.54 Å². The van der Waals surface area contributed by atoms with E-state index in [0.29, 0.717) is 43.5 Å². The van der Waals surface area contributed by atoms with E-state index in [4.69, 9.17) is 5.73 Å². The highest BCUT2D eigenvalue weighted by Gasteiger charge is 2.36. The van der Waals surface area contributed by atoms with Gasteiger partial charge in [-0.15, -0.1) is 0 Å². The number of hydrogen-bond acceptors (Lipinski definition) is 9. The van der Waals surface area contributed by atoms with Crippen LogP contribution in [0.1, 0.15) is 37.3 Å². The molecule has 0 spiro atoms. The van der Waals surface area contributed by atoms with E-state index in [-0.39, 0.29) is 24.5 Å². The smallest absolute Gasteiger partial charge is 0.423 e. The lowest BCUT2D eigenvalue weighted by Gasteiger charge is -2.18. The van der Waals surface area contributed by atoms with Crippen molar-refractivity contribution in [2.24, 2.45) is 10.1 Å². The highest BCUT2D eigenvalue weighted by atomic mass is 32.2. The first-order chi connectivity index (χ1) is 19.3. The minimum absolute atomic E-state index is 0.0228. The molecule has 0 fully saturated rings. The van der Waals surface area contributed by atoms with Gasteiger partial charge in [-0.2, -0.15) is 26.3 Å². The Bertz CT molecular complexity index is 1340. The van der Waals surface area contributed by atoms with Gasteiger partial charge in [0.05, 0.1) is 27.0 Å². The predicted molar refractivity (Wildman–Crippen MR) is 140 cm³/mol. The molecule has 0 radical (unpaired) electrons. The van der Waals surface area contributed by atoms with E-state index in [9.17, 15) is 60.2 Å². The zero-order chi connectivity index (χ0) is 32.0. The van der Waals surface area contributed by atoms with Crippen molar-refractivity contribution in [1.82, 2.24) is 5.32 Å². The van der Waals surface area contributed by atoms with Gasteiger partial charge in [0.25, 0.3) is 0 Å². The zero-order valence-corrected chi connectivity index (χ0v) is 22.8. The molecular weight excluding hydrogens is 598 g/mol. The minimum atomic E-state index is -5.14. The molecule has 0 bridgehead atoms. The van der Waals surface area contributed by atoms with Crippen molar-refractivity contribution in [3.05, 3.63) is 47.5 Å². The third-order valence-corrected chi connectivity index (χ3v) is 8.17. The second-order valence-corrected chi connectivity index (χ2v) is 11.5. The van der Waals surface area contributed by atoms with Crippen molar-refractivity contribution in [1.29, 1.82) is 0 Å². The molecule has 2 aromatic rings. The molecule has 0 saturated heterocycles. The molecule has 0 unspecified atom stereocenters. The fraction of sp³-hybridized carbons (Fsp3) is 0.391. The van der Waals surface area contributed by atoms with Crippen LogP contribution in [0.15, 0.2) is 50.6 Å². The molecule has 1 atom stereocenters. The number of unbranched alkanes of at least 4 members (excludes halogenated alkanes) is 1. The average Bonchev–Trinajstić information content (AvgIpc) is 2.89. The standard InChI is InChI=1S/C23H27B2F6N3O7S/c1-13(35)20(32)4-2-3-5-33-21(36)12-34-42(41,18-8-14(22(26,27)28)6-16(10-18)24(37)38)19-9-15(23(29,30)31)7-17(11-19)25(39)40/h6-11,20,37-40H,2-5,12,32H2,1H3,(H,33,36)/t20-/m0/s1. The molecular formula is C23H27B2F6N3O7S. The lowest BCUT2D eigenvalue weighted by molar-refractivity contribution is -0.138. The molecule has 0 aliphatic rings. The second kappa shape index (κ2) is 14.0. The summed E-state index contributed by atoms with van der Waals surface area (Å²) >= 11 is 0. The molecule has 0 aliphatic heterocycles. The van der Waals surface area contributed by atoms with Gasteiger partial charge < -0.3 is 31.1 Å². The highest BCUT2D eigenvalue weighted by molar-refractivity contribution is 7.93. The molecule has 0 aromatic heterocycles. The van der Waals surface area contributed by atoms with Gasteiger partial charge in [-0.05, 0) is 61.4 Å². The lowest BCUT2D eigenvalue weighted by atomic mass is 9.79. The van der Waals surface area contributed by atoms with Crippen molar-refractivity contribution < 1.29 is 60.2 Å². The van der Waals surface area contributed by atoms with Gasteiger partial charge in [0.1, 0.15) is 22.1 Å². The number of amides is 1. The molecule has 7 N–H and O–H groups in total. The number of alkyl halides is 6. The van der Waals surface area contributed by atoms with Crippen LogP contribution in [-0.4, -0.2) is 69.4 Å². The zero-order valence-electron chi connectivity index (χ0n) is 21.9.